The molecule has 21 heavy (non-hydrogen) atoms. The average Bonchev–Trinajstić information content (AvgIpc) is 3.04. The molecule has 1 fully saturated rings. The predicted octanol–water partition coefficient (Wildman–Crippen LogP) is 2.32. The van der Waals surface area contributed by atoms with Crippen molar-refractivity contribution in [1.29, 1.82) is 0 Å². The molecule has 3 rings (SSSR count). The van der Waals surface area contributed by atoms with Crippen LogP contribution in [0.5, 0.6) is 0 Å². The van der Waals surface area contributed by atoms with Crippen LogP contribution in [0.3, 0.4) is 0 Å². The minimum Gasteiger partial charge on any atom is -0.339 e. The molecule has 0 atom stereocenters. The molecular weight excluding hydrogens is 264 g/mol. The maximum Gasteiger partial charge on any atom is 0.253 e. The number of carbonyl (C=O) groups is 1. The van der Waals surface area contributed by atoms with Crippen LogP contribution >= 0.6 is 0 Å². The maximum absolute atomic E-state index is 12.4. The lowest BCUT2D eigenvalue weighted by atomic mass is 9.95. The maximum atomic E-state index is 12.4. The summed E-state index contributed by atoms with van der Waals surface area (Å²) in [6, 6.07) is 9.50. The normalized spacial score (nSPS) is 16.1. The number of aryl methyl sites for hydroxylation is 1. The molecule has 1 aliphatic rings. The van der Waals surface area contributed by atoms with Crippen LogP contribution in [0.25, 0.3) is 0 Å². The van der Waals surface area contributed by atoms with E-state index in [4.69, 9.17) is 0 Å². The molecule has 1 aliphatic heterocycles. The Hall–Kier alpha value is -2.17. The number of rotatable bonds is 3. The molecule has 0 unspecified atom stereocenters. The van der Waals surface area contributed by atoms with E-state index in [1.807, 2.05) is 35.2 Å². The van der Waals surface area contributed by atoms with Gasteiger partial charge < -0.3 is 9.47 Å². The Kier molecular flexibility index (Phi) is 3.99. The first kappa shape index (κ1) is 13.8. The number of hydrogen-bond donors (Lipinski definition) is 0. The van der Waals surface area contributed by atoms with Gasteiger partial charge in [0.05, 0.1) is 0 Å². The zero-order chi connectivity index (χ0) is 14.7. The Morgan fingerprint density at radius 2 is 1.95 bits per heavy atom. The summed E-state index contributed by atoms with van der Waals surface area (Å²) in [5, 5.41) is 8.25. The fourth-order valence-electron chi connectivity index (χ4n) is 2.93. The fraction of sp³-hybridized carbons (Fsp3) is 0.438. The molecule has 5 heteroatoms. The molecule has 0 saturated carbocycles. The molecule has 1 aromatic heterocycles. The fourth-order valence-corrected chi connectivity index (χ4v) is 2.93. The summed E-state index contributed by atoms with van der Waals surface area (Å²) in [6.45, 7) is 4.57. The van der Waals surface area contributed by atoms with Crippen molar-refractivity contribution in [2.24, 2.45) is 0 Å². The number of piperidine rings is 1. The van der Waals surface area contributed by atoms with E-state index in [2.05, 4.69) is 21.7 Å². The quantitative estimate of drug-likeness (QED) is 0.869. The zero-order valence-electron chi connectivity index (χ0n) is 12.3. The Labute approximate surface area is 124 Å². The molecule has 1 aromatic carbocycles. The third-order valence-electron chi connectivity index (χ3n) is 4.15. The Balaban J connectivity index is 1.64. The second-order valence-electron chi connectivity index (χ2n) is 5.41. The van der Waals surface area contributed by atoms with Crippen LogP contribution in [0.2, 0.25) is 0 Å². The smallest absolute Gasteiger partial charge is 0.253 e. The van der Waals surface area contributed by atoms with Gasteiger partial charge in [-0.3, -0.25) is 4.79 Å². The topological polar surface area (TPSA) is 51.0 Å². The van der Waals surface area contributed by atoms with Gasteiger partial charge in [0, 0.05) is 31.1 Å². The molecular formula is C16H20N4O. The van der Waals surface area contributed by atoms with E-state index in [-0.39, 0.29) is 5.91 Å². The van der Waals surface area contributed by atoms with Gasteiger partial charge in [-0.25, -0.2) is 0 Å². The van der Waals surface area contributed by atoms with Crippen LogP contribution < -0.4 is 0 Å². The lowest BCUT2D eigenvalue weighted by Gasteiger charge is -2.31. The average molecular weight is 284 g/mol. The molecule has 0 aliphatic carbocycles. The van der Waals surface area contributed by atoms with Crippen LogP contribution in [-0.4, -0.2) is 38.7 Å². The van der Waals surface area contributed by atoms with Gasteiger partial charge in [-0.15, -0.1) is 10.2 Å². The second-order valence-corrected chi connectivity index (χ2v) is 5.41. The van der Waals surface area contributed by atoms with Crippen molar-refractivity contribution in [3.05, 3.63) is 48.0 Å². The van der Waals surface area contributed by atoms with E-state index in [0.717, 1.165) is 43.9 Å². The molecule has 0 bridgehead atoms. The molecule has 2 heterocycles. The van der Waals surface area contributed by atoms with Crippen molar-refractivity contribution >= 4 is 5.91 Å². The number of aromatic nitrogens is 3. The largest absolute Gasteiger partial charge is 0.339 e. The second kappa shape index (κ2) is 6.08. The van der Waals surface area contributed by atoms with E-state index < -0.39 is 0 Å². The van der Waals surface area contributed by atoms with Crippen molar-refractivity contribution in [3.8, 4) is 0 Å². The van der Waals surface area contributed by atoms with E-state index >= 15 is 0 Å². The van der Waals surface area contributed by atoms with Gasteiger partial charge in [-0.05, 0) is 31.9 Å². The molecule has 2 aromatic rings. The van der Waals surface area contributed by atoms with Crippen molar-refractivity contribution in [2.45, 2.75) is 32.2 Å². The highest BCUT2D eigenvalue weighted by atomic mass is 16.2. The van der Waals surface area contributed by atoms with Gasteiger partial charge >= 0.3 is 0 Å². The van der Waals surface area contributed by atoms with Gasteiger partial charge in [0.2, 0.25) is 0 Å². The SMILES string of the molecule is CCn1cnnc1C1CCN(C(=O)c2ccccc2)CC1. The van der Waals surface area contributed by atoms with Crippen LogP contribution in [0.1, 0.15) is 41.9 Å². The van der Waals surface area contributed by atoms with Crippen molar-refractivity contribution < 1.29 is 4.79 Å². The molecule has 110 valence electrons. The van der Waals surface area contributed by atoms with Crippen LogP contribution in [0.4, 0.5) is 0 Å². The summed E-state index contributed by atoms with van der Waals surface area (Å²) in [4.78, 5) is 14.4. The Morgan fingerprint density at radius 3 is 2.62 bits per heavy atom. The number of hydrogen-bond acceptors (Lipinski definition) is 3. The van der Waals surface area contributed by atoms with E-state index in [1.54, 1.807) is 6.33 Å². The zero-order valence-corrected chi connectivity index (χ0v) is 12.3. The Morgan fingerprint density at radius 1 is 1.24 bits per heavy atom. The highest BCUT2D eigenvalue weighted by Crippen LogP contribution is 2.27. The molecule has 1 amide bonds. The lowest BCUT2D eigenvalue weighted by molar-refractivity contribution is 0.0710. The summed E-state index contributed by atoms with van der Waals surface area (Å²) < 4.78 is 2.10. The number of carbonyl (C=O) groups excluding carboxylic acids is 1. The van der Waals surface area contributed by atoms with Crippen LogP contribution in [0.15, 0.2) is 36.7 Å². The van der Waals surface area contributed by atoms with Crippen molar-refractivity contribution in [3.63, 3.8) is 0 Å². The number of nitrogens with zero attached hydrogens (tertiary/aromatic N) is 4. The van der Waals surface area contributed by atoms with E-state index in [0.29, 0.717) is 5.92 Å². The molecule has 5 nitrogen and oxygen atoms in total. The van der Waals surface area contributed by atoms with Gasteiger partial charge in [0.15, 0.2) is 0 Å². The first-order valence-corrected chi connectivity index (χ1v) is 7.51. The summed E-state index contributed by atoms with van der Waals surface area (Å²) in [5.41, 5.74) is 0.771. The molecule has 1 saturated heterocycles. The third kappa shape index (κ3) is 2.82. The van der Waals surface area contributed by atoms with Crippen LogP contribution in [-0.2, 0) is 6.54 Å². The molecule has 0 N–H and O–H groups in total. The first-order chi connectivity index (χ1) is 10.3. The van der Waals surface area contributed by atoms with Gasteiger partial charge in [-0.2, -0.15) is 0 Å². The summed E-state index contributed by atoms with van der Waals surface area (Å²) in [6.07, 6.45) is 3.70. The third-order valence-corrected chi connectivity index (χ3v) is 4.15. The lowest BCUT2D eigenvalue weighted by Crippen LogP contribution is -2.38. The minimum atomic E-state index is 0.131. The van der Waals surface area contributed by atoms with Crippen LogP contribution in [0, 0.1) is 0 Å². The molecule has 0 spiro atoms. The Bertz CT molecular complexity index is 600. The summed E-state index contributed by atoms with van der Waals surface area (Å²) in [5.74, 6) is 1.60. The van der Waals surface area contributed by atoms with Gasteiger partial charge in [-0.1, -0.05) is 18.2 Å². The predicted molar refractivity (Wildman–Crippen MR) is 80.0 cm³/mol. The number of benzene rings is 1. The number of amides is 1. The van der Waals surface area contributed by atoms with E-state index in [9.17, 15) is 4.79 Å². The highest BCUT2D eigenvalue weighted by Gasteiger charge is 2.27. The monoisotopic (exact) mass is 284 g/mol. The highest BCUT2D eigenvalue weighted by molar-refractivity contribution is 5.94. The van der Waals surface area contributed by atoms with Crippen molar-refractivity contribution in [2.75, 3.05) is 13.1 Å². The van der Waals surface area contributed by atoms with Crippen molar-refractivity contribution in [1.82, 2.24) is 19.7 Å². The number of likely N-dealkylation sites (tertiary alicyclic amines) is 1. The van der Waals surface area contributed by atoms with Gasteiger partial charge in [0.25, 0.3) is 5.91 Å². The molecule has 0 radical (unpaired) electrons. The first-order valence-electron chi connectivity index (χ1n) is 7.51. The summed E-state index contributed by atoms with van der Waals surface area (Å²) >= 11 is 0. The standard InChI is InChI=1S/C16H20N4O/c1-2-19-12-17-18-15(19)13-8-10-20(11-9-13)16(21)14-6-4-3-5-7-14/h3-7,12-13H,2,8-11H2,1H3. The summed E-state index contributed by atoms with van der Waals surface area (Å²) in [7, 11) is 0. The van der Waals surface area contributed by atoms with Gasteiger partial charge in [0.1, 0.15) is 12.2 Å². The minimum absolute atomic E-state index is 0.131. The van der Waals surface area contributed by atoms with E-state index in [1.165, 1.54) is 0 Å².